The van der Waals surface area contributed by atoms with Crippen LogP contribution in [0.3, 0.4) is 0 Å². The second-order valence-electron chi connectivity index (χ2n) is 5.29. The molecular formula is C18H16N4O2. The number of aryl methyl sites for hydroxylation is 1. The number of hydrogen-bond donors (Lipinski definition) is 0. The molecule has 0 unspecified atom stereocenters. The molecule has 3 aromatic rings. The van der Waals surface area contributed by atoms with Crippen LogP contribution in [0.25, 0.3) is 38.3 Å². The normalized spacial score (nSPS) is 11.5. The Morgan fingerprint density at radius 1 is 1.25 bits per heavy atom. The molecule has 0 saturated carbocycles. The maximum Gasteiger partial charge on any atom is 0.340 e. The third-order valence-electron chi connectivity index (χ3n) is 3.88. The first-order chi connectivity index (χ1) is 11.7. The van der Waals surface area contributed by atoms with Gasteiger partial charge in [-0.1, -0.05) is 35.4 Å². The molecular weight excluding hydrogens is 304 g/mol. The Bertz CT molecular complexity index is 1010. The summed E-state index contributed by atoms with van der Waals surface area (Å²) in [6.45, 7) is 1.92. The SMILES string of the molecule is CCOC(=O)/C(=C/c1ccc2c3ccccc3n(C)c2c1)N=[N+]=[N-]. The number of hydrogen-bond acceptors (Lipinski definition) is 3. The predicted molar refractivity (Wildman–Crippen MR) is 94.2 cm³/mol. The van der Waals surface area contributed by atoms with Crippen LogP contribution in [0.4, 0.5) is 0 Å². The van der Waals surface area contributed by atoms with Gasteiger partial charge in [-0.2, -0.15) is 0 Å². The van der Waals surface area contributed by atoms with Crippen LogP contribution < -0.4 is 0 Å². The highest BCUT2D eigenvalue weighted by molar-refractivity contribution is 6.08. The lowest BCUT2D eigenvalue weighted by Gasteiger charge is -2.03. The quantitative estimate of drug-likeness (QED) is 0.232. The first-order valence-corrected chi connectivity index (χ1v) is 7.56. The van der Waals surface area contributed by atoms with Crippen molar-refractivity contribution in [3.63, 3.8) is 0 Å². The summed E-state index contributed by atoms with van der Waals surface area (Å²) in [4.78, 5) is 14.5. The average molecular weight is 320 g/mol. The zero-order chi connectivity index (χ0) is 17.1. The summed E-state index contributed by atoms with van der Waals surface area (Å²) in [6.07, 6.45) is 1.54. The van der Waals surface area contributed by atoms with Crippen LogP contribution in [0.2, 0.25) is 0 Å². The molecule has 1 aromatic heterocycles. The van der Waals surface area contributed by atoms with Crippen molar-refractivity contribution in [1.82, 2.24) is 4.57 Å². The van der Waals surface area contributed by atoms with E-state index < -0.39 is 5.97 Å². The fraction of sp³-hybridized carbons (Fsp3) is 0.167. The number of carbonyl (C=O) groups excluding carboxylic acids is 1. The second-order valence-corrected chi connectivity index (χ2v) is 5.29. The van der Waals surface area contributed by atoms with Crippen molar-refractivity contribution in [2.45, 2.75) is 6.92 Å². The number of aromatic nitrogens is 1. The molecule has 0 saturated heterocycles. The van der Waals surface area contributed by atoms with E-state index in [9.17, 15) is 4.79 Å². The summed E-state index contributed by atoms with van der Waals surface area (Å²) in [5.41, 5.74) is 11.5. The highest BCUT2D eigenvalue weighted by Crippen LogP contribution is 2.29. The van der Waals surface area contributed by atoms with Crippen LogP contribution >= 0.6 is 0 Å². The molecule has 0 spiro atoms. The van der Waals surface area contributed by atoms with Crippen LogP contribution in [-0.2, 0) is 16.6 Å². The van der Waals surface area contributed by atoms with Gasteiger partial charge in [0.25, 0.3) is 0 Å². The van der Waals surface area contributed by atoms with E-state index in [0.29, 0.717) is 0 Å². The predicted octanol–water partition coefficient (Wildman–Crippen LogP) is 4.55. The van der Waals surface area contributed by atoms with Gasteiger partial charge in [-0.3, -0.25) is 0 Å². The van der Waals surface area contributed by atoms with Crippen LogP contribution in [-0.4, -0.2) is 17.1 Å². The maximum atomic E-state index is 11.8. The summed E-state index contributed by atoms with van der Waals surface area (Å²) in [6, 6.07) is 14.0. The average Bonchev–Trinajstić information content (AvgIpc) is 2.88. The van der Waals surface area contributed by atoms with E-state index >= 15 is 0 Å². The first kappa shape index (κ1) is 15.6. The summed E-state index contributed by atoms with van der Waals surface area (Å²) in [7, 11) is 2.00. The molecule has 0 aliphatic rings. The number of ether oxygens (including phenoxy) is 1. The molecule has 0 N–H and O–H groups in total. The Labute approximate surface area is 138 Å². The largest absolute Gasteiger partial charge is 0.462 e. The van der Waals surface area contributed by atoms with Crippen molar-refractivity contribution in [3.05, 3.63) is 64.2 Å². The number of para-hydroxylation sites is 1. The second kappa shape index (κ2) is 6.48. The van der Waals surface area contributed by atoms with E-state index in [1.165, 1.54) is 11.5 Å². The molecule has 0 atom stereocenters. The number of carbonyl (C=O) groups is 1. The van der Waals surface area contributed by atoms with Crippen molar-refractivity contribution in [2.75, 3.05) is 6.61 Å². The number of rotatable bonds is 4. The lowest BCUT2D eigenvalue weighted by Crippen LogP contribution is -2.05. The van der Waals surface area contributed by atoms with E-state index in [4.69, 9.17) is 10.3 Å². The minimum atomic E-state index is -0.632. The van der Waals surface area contributed by atoms with Crippen molar-refractivity contribution in [2.24, 2.45) is 12.2 Å². The van der Waals surface area contributed by atoms with Gasteiger partial charge in [-0.05, 0) is 36.2 Å². The van der Waals surface area contributed by atoms with Gasteiger partial charge in [0.2, 0.25) is 0 Å². The van der Waals surface area contributed by atoms with Gasteiger partial charge in [0.05, 0.1) is 6.61 Å². The summed E-state index contributed by atoms with van der Waals surface area (Å²) < 4.78 is 7.01. The van der Waals surface area contributed by atoms with Gasteiger partial charge in [0.15, 0.2) is 0 Å². The molecule has 3 rings (SSSR count). The Morgan fingerprint density at radius 2 is 2.00 bits per heavy atom. The minimum absolute atomic E-state index is 0.0579. The van der Waals surface area contributed by atoms with Crippen molar-refractivity contribution >= 4 is 33.9 Å². The molecule has 6 heteroatoms. The van der Waals surface area contributed by atoms with E-state index in [2.05, 4.69) is 26.7 Å². The maximum absolute atomic E-state index is 11.8. The van der Waals surface area contributed by atoms with Gasteiger partial charge in [-0.15, -0.1) is 0 Å². The van der Waals surface area contributed by atoms with E-state index in [0.717, 1.165) is 22.0 Å². The Balaban J connectivity index is 2.15. The highest BCUT2D eigenvalue weighted by atomic mass is 16.5. The van der Waals surface area contributed by atoms with Gasteiger partial charge < -0.3 is 9.30 Å². The van der Waals surface area contributed by atoms with Gasteiger partial charge >= 0.3 is 5.97 Å². The smallest absolute Gasteiger partial charge is 0.340 e. The van der Waals surface area contributed by atoms with E-state index in [1.807, 2.05) is 37.4 Å². The number of benzene rings is 2. The third-order valence-corrected chi connectivity index (χ3v) is 3.88. The zero-order valence-electron chi connectivity index (χ0n) is 13.4. The van der Waals surface area contributed by atoms with Gasteiger partial charge in [0.1, 0.15) is 5.70 Å². The zero-order valence-corrected chi connectivity index (χ0v) is 13.4. The molecule has 1 heterocycles. The lowest BCUT2D eigenvalue weighted by atomic mass is 10.1. The van der Waals surface area contributed by atoms with E-state index in [1.54, 1.807) is 6.92 Å². The molecule has 0 radical (unpaired) electrons. The molecule has 120 valence electrons. The first-order valence-electron chi connectivity index (χ1n) is 7.56. The van der Waals surface area contributed by atoms with Crippen molar-refractivity contribution < 1.29 is 9.53 Å². The fourth-order valence-corrected chi connectivity index (χ4v) is 2.81. The number of nitrogens with zero attached hydrogens (tertiary/aromatic N) is 4. The number of esters is 1. The monoisotopic (exact) mass is 320 g/mol. The topological polar surface area (TPSA) is 80.0 Å². The lowest BCUT2D eigenvalue weighted by molar-refractivity contribution is -0.138. The van der Waals surface area contributed by atoms with Crippen LogP contribution in [0.15, 0.2) is 53.3 Å². The molecule has 0 amide bonds. The molecule has 24 heavy (non-hydrogen) atoms. The minimum Gasteiger partial charge on any atom is -0.462 e. The Hall–Kier alpha value is -3.24. The fourth-order valence-electron chi connectivity index (χ4n) is 2.81. The number of azide groups is 1. The molecule has 0 fully saturated rings. The molecule has 0 aliphatic heterocycles. The molecule has 0 aliphatic carbocycles. The molecule has 0 bridgehead atoms. The molecule has 2 aromatic carbocycles. The summed E-state index contributed by atoms with van der Waals surface area (Å²) >= 11 is 0. The van der Waals surface area contributed by atoms with Gasteiger partial charge in [-0.25, -0.2) is 4.79 Å². The summed E-state index contributed by atoms with van der Waals surface area (Å²) in [5.74, 6) is -0.632. The molecule has 6 nitrogen and oxygen atoms in total. The van der Waals surface area contributed by atoms with Gasteiger partial charge in [0, 0.05) is 33.8 Å². The van der Waals surface area contributed by atoms with Crippen LogP contribution in [0.1, 0.15) is 12.5 Å². The Kier molecular flexibility index (Phi) is 4.22. The van der Waals surface area contributed by atoms with Crippen molar-refractivity contribution in [1.29, 1.82) is 0 Å². The standard InChI is InChI=1S/C18H16N4O2/c1-3-24-18(23)15(20-21-19)10-12-8-9-14-13-6-4-5-7-16(13)22(2)17(14)11-12/h4-11H,3H2,1-2H3/b15-10-. The van der Waals surface area contributed by atoms with Crippen LogP contribution in [0, 0.1) is 0 Å². The van der Waals surface area contributed by atoms with Crippen LogP contribution in [0.5, 0.6) is 0 Å². The van der Waals surface area contributed by atoms with Crippen molar-refractivity contribution in [3.8, 4) is 0 Å². The highest BCUT2D eigenvalue weighted by Gasteiger charge is 2.11. The third kappa shape index (κ3) is 2.71. The Morgan fingerprint density at radius 3 is 2.75 bits per heavy atom. The van der Waals surface area contributed by atoms with E-state index in [-0.39, 0.29) is 12.3 Å². The summed E-state index contributed by atoms with van der Waals surface area (Å²) in [5, 5.41) is 5.75. The number of fused-ring (bicyclic) bond motifs is 3.